The van der Waals surface area contributed by atoms with E-state index in [0.717, 1.165) is 28.1 Å². The van der Waals surface area contributed by atoms with E-state index in [2.05, 4.69) is 14.9 Å². The van der Waals surface area contributed by atoms with Gasteiger partial charge >= 0.3 is 0 Å². The van der Waals surface area contributed by atoms with E-state index in [1.54, 1.807) is 19.1 Å². The number of aliphatic hydroxyl groups excluding tert-OH is 1. The lowest BCUT2D eigenvalue weighted by molar-refractivity contribution is 0.318. The fourth-order valence-corrected chi connectivity index (χ4v) is 4.14. The monoisotopic (exact) mass is 442 g/mol. The number of nitrogens with zero attached hydrogens (tertiary/aromatic N) is 3. The Hall–Kier alpha value is -1.80. The van der Waals surface area contributed by atoms with Crippen molar-refractivity contribution in [1.82, 2.24) is 15.0 Å². The number of nitrogens with one attached hydrogen (secondary N) is 1. The van der Waals surface area contributed by atoms with Gasteiger partial charge in [0.25, 0.3) is 0 Å². The van der Waals surface area contributed by atoms with Crippen molar-refractivity contribution in [3.8, 4) is 5.69 Å². The van der Waals surface area contributed by atoms with Crippen molar-refractivity contribution in [2.75, 3.05) is 11.3 Å². The molecule has 2 N–H and O–H groups in total. The topological polar surface area (TPSA) is 63.0 Å². The Labute approximate surface area is 178 Å². The van der Waals surface area contributed by atoms with Gasteiger partial charge in [-0.1, -0.05) is 30.1 Å². The van der Waals surface area contributed by atoms with Gasteiger partial charge in [-0.25, -0.2) is 4.39 Å². The average Bonchev–Trinajstić information content (AvgIpc) is 3.15. The van der Waals surface area contributed by atoms with Gasteiger partial charge in [0.05, 0.1) is 12.4 Å². The largest absolute Gasteiger partial charge is 0.397 e. The Morgan fingerprint density at radius 1 is 1.14 bits per heavy atom. The first-order valence-electron chi connectivity index (χ1n) is 8.59. The van der Waals surface area contributed by atoms with Gasteiger partial charge in [-0.3, -0.25) is 0 Å². The SMILES string of the molecule is CCO.CCc1c(Cl)cc(Cl)cc1SNc1cc(-n2nccn2)c(F)cc1C. The van der Waals surface area contributed by atoms with E-state index in [4.69, 9.17) is 28.3 Å². The molecule has 28 heavy (non-hydrogen) atoms. The fourth-order valence-electron chi connectivity index (χ4n) is 2.39. The lowest BCUT2D eigenvalue weighted by Gasteiger charge is -2.14. The van der Waals surface area contributed by atoms with Crippen LogP contribution in [0.25, 0.3) is 5.69 Å². The summed E-state index contributed by atoms with van der Waals surface area (Å²) < 4.78 is 17.5. The van der Waals surface area contributed by atoms with Crippen molar-refractivity contribution < 1.29 is 9.50 Å². The molecule has 0 spiro atoms. The van der Waals surface area contributed by atoms with Crippen LogP contribution in [-0.2, 0) is 6.42 Å². The molecule has 0 radical (unpaired) electrons. The maximum atomic E-state index is 14.2. The lowest BCUT2D eigenvalue weighted by Crippen LogP contribution is -2.04. The zero-order valence-electron chi connectivity index (χ0n) is 15.7. The number of aromatic nitrogens is 3. The molecule has 0 saturated heterocycles. The number of aliphatic hydroxyl groups is 1. The van der Waals surface area contributed by atoms with Gasteiger partial charge in [0, 0.05) is 27.2 Å². The van der Waals surface area contributed by atoms with Crippen LogP contribution in [0.3, 0.4) is 0 Å². The number of hydrogen-bond donors (Lipinski definition) is 2. The number of benzene rings is 2. The summed E-state index contributed by atoms with van der Waals surface area (Å²) in [5, 5.41) is 16.7. The molecule has 0 unspecified atom stereocenters. The Morgan fingerprint density at radius 2 is 1.79 bits per heavy atom. The molecular formula is C19H21Cl2FN4OS. The third-order valence-corrected chi connectivity index (χ3v) is 5.13. The van der Waals surface area contributed by atoms with Gasteiger partial charge in [-0.05, 0) is 67.6 Å². The molecule has 3 rings (SSSR count). The molecule has 1 aromatic heterocycles. The van der Waals surface area contributed by atoms with E-state index < -0.39 is 0 Å². The highest BCUT2D eigenvalue weighted by Crippen LogP contribution is 2.34. The fraction of sp³-hybridized carbons (Fsp3) is 0.263. The van der Waals surface area contributed by atoms with Crippen molar-refractivity contribution in [3.63, 3.8) is 0 Å². The maximum absolute atomic E-state index is 14.2. The lowest BCUT2D eigenvalue weighted by atomic mass is 10.2. The van der Waals surface area contributed by atoms with E-state index >= 15 is 0 Å². The van der Waals surface area contributed by atoms with Crippen LogP contribution in [0.5, 0.6) is 0 Å². The van der Waals surface area contributed by atoms with Crippen molar-refractivity contribution in [1.29, 1.82) is 0 Å². The van der Waals surface area contributed by atoms with Gasteiger partial charge in [0.2, 0.25) is 0 Å². The van der Waals surface area contributed by atoms with Gasteiger partial charge in [0.15, 0.2) is 5.82 Å². The van der Waals surface area contributed by atoms with Gasteiger partial charge in [0.1, 0.15) is 5.69 Å². The second-order valence-electron chi connectivity index (χ2n) is 5.68. The number of aryl methyl sites for hydroxylation is 1. The van der Waals surface area contributed by atoms with E-state index in [1.165, 1.54) is 35.2 Å². The third-order valence-electron chi connectivity index (χ3n) is 3.67. The maximum Gasteiger partial charge on any atom is 0.151 e. The molecule has 2 aromatic carbocycles. The molecule has 5 nitrogen and oxygen atoms in total. The predicted molar refractivity (Wildman–Crippen MR) is 114 cm³/mol. The van der Waals surface area contributed by atoms with Crippen LogP contribution < -0.4 is 4.72 Å². The zero-order valence-corrected chi connectivity index (χ0v) is 18.0. The van der Waals surface area contributed by atoms with Crippen LogP contribution in [-0.4, -0.2) is 26.7 Å². The molecule has 0 bridgehead atoms. The average molecular weight is 443 g/mol. The molecule has 0 aliphatic carbocycles. The molecule has 0 fully saturated rings. The number of halogens is 3. The Balaban J connectivity index is 0.000000878. The number of anilines is 1. The van der Waals surface area contributed by atoms with Gasteiger partial charge in [-0.15, -0.1) is 4.80 Å². The summed E-state index contributed by atoms with van der Waals surface area (Å²) in [5.74, 6) is -0.385. The summed E-state index contributed by atoms with van der Waals surface area (Å²) in [4.78, 5) is 2.18. The van der Waals surface area contributed by atoms with Crippen LogP contribution in [0.4, 0.5) is 10.1 Å². The first-order chi connectivity index (χ1) is 13.4. The summed E-state index contributed by atoms with van der Waals surface area (Å²) in [7, 11) is 0. The van der Waals surface area contributed by atoms with Crippen LogP contribution in [0.15, 0.2) is 41.6 Å². The highest BCUT2D eigenvalue weighted by atomic mass is 35.5. The van der Waals surface area contributed by atoms with Crippen LogP contribution in [0.1, 0.15) is 25.0 Å². The van der Waals surface area contributed by atoms with Gasteiger partial charge in [-0.2, -0.15) is 10.2 Å². The first-order valence-corrected chi connectivity index (χ1v) is 10.2. The van der Waals surface area contributed by atoms with Crippen LogP contribution >= 0.6 is 35.1 Å². The van der Waals surface area contributed by atoms with Crippen LogP contribution in [0.2, 0.25) is 10.0 Å². The van der Waals surface area contributed by atoms with Crippen molar-refractivity contribution in [2.45, 2.75) is 32.1 Å². The third kappa shape index (κ3) is 5.61. The Bertz CT molecular complexity index is 923. The summed E-state index contributed by atoms with van der Waals surface area (Å²) >= 11 is 13.8. The number of rotatable bonds is 5. The summed E-state index contributed by atoms with van der Waals surface area (Å²) in [6.45, 7) is 5.79. The quantitative estimate of drug-likeness (QED) is 0.495. The molecule has 9 heteroatoms. The predicted octanol–water partition coefficient (Wildman–Crippen LogP) is 5.70. The number of hydrogen-bond acceptors (Lipinski definition) is 5. The molecule has 0 saturated carbocycles. The van der Waals surface area contributed by atoms with Crippen molar-refractivity contribution in [2.24, 2.45) is 0 Å². The molecule has 0 amide bonds. The summed E-state index contributed by atoms with van der Waals surface area (Å²) in [5.41, 5.74) is 2.82. The van der Waals surface area contributed by atoms with E-state index in [9.17, 15) is 4.39 Å². The second-order valence-corrected chi connectivity index (χ2v) is 7.37. The minimum absolute atomic E-state index is 0.250. The molecule has 0 atom stereocenters. The molecular weight excluding hydrogens is 422 g/mol. The van der Waals surface area contributed by atoms with Crippen molar-refractivity contribution >= 4 is 40.8 Å². The standard InChI is InChI=1S/C17H15Cl2FN4S.C2H6O/c1-3-12-13(19)7-11(18)8-17(12)25-23-15-9-16(14(20)6-10(15)2)24-21-4-5-22-24;1-2-3/h4-9,23H,3H2,1-2H3;3H,2H2,1H3. The second kappa shape index (κ2) is 10.7. The normalized spacial score (nSPS) is 10.4. The smallest absolute Gasteiger partial charge is 0.151 e. The highest BCUT2D eigenvalue weighted by Gasteiger charge is 2.13. The molecule has 150 valence electrons. The van der Waals surface area contributed by atoms with E-state index in [-0.39, 0.29) is 18.1 Å². The van der Waals surface area contributed by atoms with E-state index in [0.29, 0.717) is 10.0 Å². The highest BCUT2D eigenvalue weighted by molar-refractivity contribution is 8.00. The van der Waals surface area contributed by atoms with Gasteiger partial charge < -0.3 is 9.83 Å². The first kappa shape index (κ1) is 22.5. The molecule has 1 heterocycles. The Morgan fingerprint density at radius 3 is 2.39 bits per heavy atom. The molecule has 3 aromatic rings. The molecule has 0 aliphatic rings. The summed E-state index contributed by atoms with van der Waals surface area (Å²) in [6.07, 6.45) is 3.79. The minimum Gasteiger partial charge on any atom is -0.397 e. The Kier molecular flexibility index (Phi) is 8.57. The van der Waals surface area contributed by atoms with Crippen LogP contribution in [0, 0.1) is 12.7 Å². The van der Waals surface area contributed by atoms with Crippen molar-refractivity contribution in [3.05, 3.63) is 63.6 Å². The van der Waals surface area contributed by atoms with E-state index in [1.807, 2.05) is 19.9 Å². The molecule has 0 aliphatic heterocycles. The summed E-state index contributed by atoms with van der Waals surface area (Å²) in [6, 6.07) is 6.72. The zero-order chi connectivity index (χ0) is 20.7. The minimum atomic E-state index is -0.385.